The number of aryl methyl sites for hydroxylation is 1. The monoisotopic (exact) mass is 273 g/mol. The van der Waals surface area contributed by atoms with Crippen molar-refractivity contribution in [3.63, 3.8) is 0 Å². The Labute approximate surface area is 120 Å². The molecule has 2 N–H and O–H groups in total. The van der Waals surface area contributed by atoms with Gasteiger partial charge in [-0.1, -0.05) is 0 Å². The van der Waals surface area contributed by atoms with Crippen LogP contribution in [0.25, 0.3) is 10.9 Å². The van der Waals surface area contributed by atoms with Gasteiger partial charge in [0.1, 0.15) is 5.75 Å². The minimum Gasteiger partial charge on any atom is -0.497 e. The Morgan fingerprint density at radius 1 is 1.25 bits per heavy atom. The van der Waals surface area contributed by atoms with Gasteiger partial charge in [-0.05, 0) is 50.2 Å². The summed E-state index contributed by atoms with van der Waals surface area (Å²) in [4.78, 5) is 2.49. The molecule has 0 saturated carbocycles. The number of fused-ring (bicyclic) bond motifs is 3. The van der Waals surface area contributed by atoms with E-state index in [1.54, 1.807) is 7.11 Å². The second-order valence-corrected chi connectivity index (χ2v) is 5.59. The Hall–Kier alpha value is -1.52. The van der Waals surface area contributed by atoms with Crippen LogP contribution >= 0.6 is 0 Å². The second-order valence-electron chi connectivity index (χ2n) is 5.59. The Morgan fingerprint density at radius 3 is 2.85 bits per heavy atom. The van der Waals surface area contributed by atoms with Gasteiger partial charge < -0.3 is 15.0 Å². The number of benzene rings is 1. The molecule has 1 aromatic heterocycles. The molecule has 1 aromatic carbocycles. The summed E-state index contributed by atoms with van der Waals surface area (Å²) < 4.78 is 7.84. The van der Waals surface area contributed by atoms with Crippen LogP contribution in [0.3, 0.4) is 0 Å². The molecule has 0 unspecified atom stereocenters. The fraction of sp³-hybridized carbons (Fsp3) is 0.500. The maximum atomic E-state index is 5.61. The fourth-order valence-corrected chi connectivity index (χ4v) is 3.21. The molecule has 0 fully saturated rings. The van der Waals surface area contributed by atoms with Crippen LogP contribution in [0, 0.1) is 6.92 Å². The van der Waals surface area contributed by atoms with Crippen LogP contribution in [0.5, 0.6) is 5.75 Å². The highest BCUT2D eigenvalue weighted by Gasteiger charge is 2.19. The number of rotatable bonds is 4. The molecule has 0 amide bonds. The summed E-state index contributed by atoms with van der Waals surface area (Å²) in [6, 6.07) is 6.56. The first-order chi connectivity index (χ1) is 9.72. The highest BCUT2D eigenvalue weighted by molar-refractivity contribution is 5.86. The van der Waals surface area contributed by atoms with Gasteiger partial charge >= 0.3 is 0 Å². The molecule has 0 bridgehead atoms. The van der Waals surface area contributed by atoms with Crippen molar-refractivity contribution in [2.24, 2.45) is 5.73 Å². The van der Waals surface area contributed by atoms with E-state index in [0.717, 1.165) is 44.9 Å². The van der Waals surface area contributed by atoms with E-state index in [1.165, 1.54) is 22.2 Å². The highest BCUT2D eigenvalue weighted by atomic mass is 16.5. The predicted octanol–water partition coefficient (Wildman–Crippen LogP) is 2.12. The number of methoxy groups -OCH3 is 1. The summed E-state index contributed by atoms with van der Waals surface area (Å²) >= 11 is 0. The van der Waals surface area contributed by atoms with Crippen molar-refractivity contribution in [3.8, 4) is 5.75 Å². The van der Waals surface area contributed by atoms with Crippen molar-refractivity contribution < 1.29 is 4.74 Å². The number of ether oxygens (including phenoxy) is 1. The van der Waals surface area contributed by atoms with Crippen LogP contribution in [-0.2, 0) is 13.1 Å². The van der Waals surface area contributed by atoms with Crippen LogP contribution in [0.2, 0.25) is 0 Å². The molecule has 4 nitrogen and oxygen atoms in total. The first-order valence-electron chi connectivity index (χ1n) is 7.32. The third kappa shape index (κ3) is 2.30. The molecule has 0 atom stereocenters. The largest absolute Gasteiger partial charge is 0.497 e. The number of nitrogens with zero attached hydrogens (tertiary/aromatic N) is 2. The quantitative estimate of drug-likeness (QED) is 0.928. The van der Waals surface area contributed by atoms with Crippen LogP contribution in [0.1, 0.15) is 17.7 Å². The molecule has 20 heavy (non-hydrogen) atoms. The minimum atomic E-state index is 0.774. The van der Waals surface area contributed by atoms with Crippen LogP contribution in [0.4, 0.5) is 0 Å². The van der Waals surface area contributed by atoms with E-state index >= 15 is 0 Å². The SMILES string of the molecule is COc1cc(C)c2c(c1)cc1n2CCN(CCCN)C1. The summed E-state index contributed by atoms with van der Waals surface area (Å²) in [5.41, 5.74) is 9.66. The topological polar surface area (TPSA) is 43.4 Å². The van der Waals surface area contributed by atoms with Gasteiger partial charge in [-0.15, -0.1) is 0 Å². The molecule has 1 aliphatic rings. The zero-order chi connectivity index (χ0) is 14.1. The molecular formula is C16H23N3O. The molecule has 0 aliphatic carbocycles. The average Bonchev–Trinajstić information content (AvgIpc) is 2.82. The number of hydrogen-bond donors (Lipinski definition) is 1. The lowest BCUT2D eigenvalue weighted by molar-refractivity contribution is 0.222. The number of nitrogens with two attached hydrogens (primary N) is 1. The van der Waals surface area contributed by atoms with E-state index < -0.39 is 0 Å². The van der Waals surface area contributed by atoms with Gasteiger partial charge in [0.05, 0.1) is 12.6 Å². The summed E-state index contributed by atoms with van der Waals surface area (Å²) in [7, 11) is 1.73. The van der Waals surface area contributed by atoms with Gasteiger partial charge in [-0.3, -0.25) is 4.90 Å². The van der Waals surface area contributed by atoms with Crippen molar-refractivity contribution in [1.29, 1.82) is 0 Å². The van der Waals surface area contributed by atoms with Gasteiger partial charge in [-0.25, -0.2) is 0 Å². The Kier molecular flexibility index (Phi) is 3.68. The zero-order valence-electron chi connectivity index (χ0n) is 12.4. The number of aromatic nitrogens is 1. The van der Waals surface area contributed by atoms with Crippen LogP contribution in [0.15, 0.2) is 18.2 Å². The molecule has 1 aliphatic heterocycles. The molecular weight excluding hydrogens is 250 g/mol. The normalized spacial score (nSPS) is 15.6. The van der Waals surface area contributed by atoms with E-state index in [-0.39, 0.29) is 0 Å². The van der Waals surface area contributed by atoms with Gasteiger partial charge in [0.25, 0.3) is 0 Å². The molecule has 0 saturated heterocycles. The Balaban J connectivity index is 1.96. The van der Waals surface area contributed by atoms with Crippen molar-refractivity contribution in [2.45, 2.75) is 26.4 Å². The van der Waals surface area contributed by atoms with E-state index in [9.17, 15) is 0 Å². The lowest BCUT2D eigenvalue weighted by Crippen LogP contribution is -2.34. The van der Waals surface area contributed by atoms with Crippen molar-refractivity contribution in [3.05, 3.63) is 29.5 Å². The maximum Gasteiger partial charge on any atom is 0.119 e. The Bertz CT molecular complexity index is 618. The van der Waals surface area contributed by atoms with E-state index in [0.29, 0.717) is 0 Å². The summed E-state index contributed by atoms with van der Waals surface area (Å²) in [5.74, 6) is 0.943. The van der Waals surface area contributed by atoms with Crippen LogP contribution < -0.4 is 10.5 Å². The lowest BCUT2D eigenvalue weighted by atomic mass is 10.1. The van der Waals surface area contributed by atoms with Crippen molar-refractivity contribution in [1.82, 2.24) is 9.47 Å². The third-order valence-electron chi connectivity index (χ3n) is 4.18. The molecule has 2 aromatic rings. The smallest absolute Gasteiger partial charge is 0.119 e. The van der Waals surface area contributed by atoms with Gasteiger partial charge in [0.15, 0.2) is 0 Å². The molecule has 0 spiro atoms. The molecule has 2 heterocycles. The first-order valence-corrected chi connectivity index (χ1v) is 7.32. The Morgan fingerprint density at radius 2 is 2.10 bits per heavy atom. The van der Waals surface area contributed by atoms with Gasteiger partial charge in [-0.2, -0.15) is 0 Å². The van der Waals surface area contributed by atoms with Crippen molar-refractivity contribution in [2.75, 3.05) is 26.7 Å². The zero-order valence-corrected chi connectivity index (χ0v) is 12.4. The van der Waals surface area contributed by atoms with Gasteiger partial charge in [0.2, 0.25) is 0 Å². The van der Waals surface area contributed by atoms with Crippen LogP contribution in [-0.4, -0.2) is 36.2 Å². The third-order valence-corrected chi connectivity index (χ3v) is 4.18. The lowest BCUT2D eigenvalue weighted by Gasteiger charge is -2.29. The van der Waals surface area contributed by atoms with Gasteiger partial charge in [0, 0.05) is 30.7 Å². The molecule has 108 valence electrons. The minimum absolute atomic E-state index is 0.774. The summed E-state index contributed by atoms with van der Waals surface area (Å²) in [6.07, 6.45) is 1.08. The second kappa shape index (κ2) is 5.46. The van der Waals surface area contributed by atoms with E-state index in [4.69, 9.17) is 10.5 Å². The highest BCUT2D eigenvalue weighted by Crippen LogP contribution is 2.30. The average molecular weight is 273 g/mol. The summed E-state index contributed by atoms with van der Waals surface area (Å²) in [5, 5.41) is 1.29. The first kappa shape index (κ1) is 13.5. The number of hydrogen-bond acceptors (Lipinski definition) is 3. The molecule has 4 heteroatoms. The standard InChI is InChI=1S/C16H23N3O/c1-12-8-15(20-2)10-13-9-14-11-18(5-3-4-17)6-7-19(14)16(12)13/h8-10H,3-7,11,17H2,1-2H3. The van der Waals surface area contributed by atoms with Crippen molar-refractivity contribution >= 4 is 10.9 Å². The van der Waals surface area contributed by atoms with E-state index in [2.05, 4.69) is 34.6 Å². The molecule has 0 radical (unpaired) electrons. The summed E-state index contributed by atoms with van der Waals surface area (Å²) in [6.45, 7) is 7.24. The predicted molar refractivity (Wildman–Crippen MR) is 82.2 cm³/mol. The maximum absolute atomic E-state index is 5.61. The molecule has 3 rings (SSSR count). The fourth-order valence-electron chi connectivity index (χ4n) is 3.21. The van der Waals surface area contributed by atoms with E-state index in [1.807, 2.05) is 0 Å².